The maximum absolute atomic E-state index is 13.4. The maximum Gasteiger partial charge on any atom is 0.227 e. The summed E-state index contributed by atoms with van der Waals surface area (Å²) < 4.78 is 0. The van der Waals surface area contributed by atoms with Gasteiger partial charge in [0.2, 0.25) is 5.91 Å². The van der Waals surface area contributed by atoms with Gasteiger partial charge < -0.3 is 14.7 Å². The van der Waals surface area contributed by atoms with E-state index in [0.717, 1.165) is 79.6 Å². The number of aromatic nitrogens is 2. The van der Waals surface area contributed by atoms with E-state index in [1.54, 1.807) is 17.7 Å². The van der Waals surface area contributed by atoms with E-state index in [0.29, 0.717) is 0 Å². The van der Waals surface area contributed by atoms with Crippen LogP contribution in [0.15, 0.2) is 36.7 Å². The van der Waals surface area contributed by atoms with Gasteiger partial charge in [0.25, 0.3) is 0 Å². The number of halogens is 1. The van der Waals surface area contributed by atoms with E-state index in [2.05, 4.69) is 49.8 Å². The Bertz CT molecular complexity index is 1090. The molecule has 4 heterocycles. The molecule has 0 saturated carbocycles. The van der Waals surface area contributed by atoms with Gasteiger partial charge in [-0.3, -0.25) is 4.79 Å². The molecule has 1 amide bonds. The van der Waals surface area contributed by atoms with Gasteiger partial charge in [-0.25, -0.2) is 9.97 Å². The van der Waals surface area contributed by atoms with Gasteiger partial charge in [-0.2, -0.15) is 0 Å². The van der Waals surface area contributed by atoms with Gasteiger partial charge in [0.15, 0.2) is 0 Å². The van der Waals surface area contributed by atoms with E-state index in [-0.39, 0.29) is 11.8 Å². The first kappa shape index (κ1) is 21.5. The number of hydrogen-bond donors (Lipinski definition) is 0. The van der Waals surface area contributed by atoms with Gasteiger partial charge in [0, 0.05) is 54.9 Å². The molecule has 0 aliphatic carbocycles. The highest BCUT2D eigenvalue weighted by Gasteiger charge is 2.32. The van der Waals surface area contributed by atoms with Crippen LogP contribution in [0, 0.1) is 5.92 Å². The predicted octanol–water partition coefficient (Wildman–Crippen LogP) is 4.47. The van der Waals surface area contributed by atoms with E-state index >= 15 is 0 Å². The quantitative estimate of drug-likeness (QED) is 0.564. The first-order valence-electron chi connectivity index (χ1n) is 11.4. The highest BCUT2D eigenvalue weighted by atomic mass is 35.5. The average molecular weight is 470 g/mol. The summed E-state index contributed by atoms with van der Waals surface area (Å²) in [4.78, 5) is 31.5. The lowest BCUT2D eigenvalue weighted by molar-refractivity contribution is -0.136. The van der Waals surface area contributed by atoms with Gasteiger partial charge in [0.05, 0.1) is 11.3 Å². The Morgan fingerprint density at radius 3 is 2.62 bits per heavy atom. The van der Waals surface area contributed by atoms with Crippen LogP contribution in [0.4, 0.5) is 11.5 Å². The zero-order valence-corrected chi connectivity index (χ0v) is 19.9. The van der Waals surface area contributed by atoms with Crippen LogP contribution in [-0.4, -0.2) is 60.0 Å². The smallest absolute Gasteiger partial charge is 0.227 e. The van der Waals surface area contributed by atoms with Crippen LogP contribution in [0.1, 0.15) is 24.6 Å². The van der Waals surface area contributed by atoms with Crippen molar-refractivity contribution >= 4 is 50.6 Å². The standard InChI is InChI=1S/C24H28ClN5OS/c1-2-20-14-21-22(26-16-27-23(21)32-20)30-9-3-4-17(15-30)24(31)29-12-10-28(11-13-29)19-7-5-18(25)6-8-19/h5-8,14,16-17H,2-4,9-13,15H2,1H3/t17-/m1/s1. The van der Waals surface area contributed by atoms with E-state index in [9.17, 15) is 4.79 Å². The third-order valence-corrected chi connectivity index (χ3v) is 8.00. The Hall–Kier alpha value is -2.38. The minimum atomic E-state index is 0.0279. The van der Waals surface area contributed by atoms with Gasteiger partial charge in [-0.15, -0.1) is 11.3 Å². The Balaban J connectivity index is 1.25. The molecule has 8 heteroatoms. The van der Waals surface area contributed by atoms with Crippen LogP contribution in [0.25, 0.3) is 10.2 Å². The molecule has 2 aliphatic heterocycles. The van der Waals surface area contributed by atoms with Gasteiger partial charge in [0.1, 0.15) is 17.0 Å². The van der Waals surface area contributed by atoms with Crippen LogP contribution < -0.4 is 9.80 Å². The molecule has 3 aromatic rings. The molecule has 5 rings (SSSR count). The van der Waals surface area contributed by atoms with E-state index in [4.69, 9.17) is 11.6 Å². The number of carbonyl (C=O) groups is 1. The number of aryl methyl sites for hydroxylation is 1. The first-order chi connectivity index (χ1) is 15.6. The lowest BCUT2D eigenvalue weighted by Crippen LogP contribution is -2.52. The highest BCUT2D eigenvalue weighted by Crippen LogP contribution is 2.33. The molecular formula is C24H28ClN5OS. The van der Waals surface area contributed by atoms with Crippen LogP contribution in [0.2, 0.25) is 5.02 Å². The SMILES string of the molecule is CCc1cc2c(N3CCC[C@@H](C(=O)N4CCN(c5ccc(Cl)cc5)CC4)C3)ncnc2s1. The fraction of sp³-hybridized carbons (Fsp3) is 0.458. The molecule has 0 bridgehead atoms. The van der Waals surface area contributed by atoms with Crippen molar-refractivity contribution in [3.63, 3.8) is 0 Å². The lowest BCUT2D eigenvalue weighted by atomic mass is 9.96. The molecule has 2 fully saturated rings. The van der Waals surface area contributed by atoms with Crippen molar-refractivity contribution in [1.29, 1.82) is 0 Å². The second-order valence-electron chi connectivity index (χ2n) is 8.56. The number of nitrogens with zero attached hydrogens (tertiary/aromatic N) is 5. The van der Waals surface area contributed by atoms with Crippen molar-refractivity contribution in [1.82, 2.24) is 14.9 Å². The number of rotatable bonds is 4. The molecule has 0 spiro atoms. The number of piperazine rings is 1. The normalized spacial score (nSPS) is 19.6. The third kappa shape index (κ3) is 4.28. The number of anilines is 2. The minimum absolute atomic E-state index is 0.0279. The number of piperidine rings is 1. The molecule has 2 aliphatic rings. The molecule has 0 radical (unpaired) electrons. The zero-order valence-electron chi connectivity index (χ0n) is 18.3. The summed E-state index contributed by atoms with van der Waals surface area (Å²) >= 11 is 7.75. The summed E-state index contributed by atoms with van der Waals surface area (Å²) in [5, 5.41) is 1.87. The monoisotopic (exact) mass is 469 g/mol. The maximum atomic E-state index is 13.4. The molecule has 0 unspecified atom stereocenters. The Morgan fingerprint density at radius 2 is 1.88 bits per heavy atom. The van der Waals surface area contributed by atoms with Crippen molar-refractivity contribution in [2.75, 3.05) is 49.1 Å². The molecule has 0 N–H and O–H groups in total. The highest BCUT2D eigenvalue weighted by molar-refractivity contribution is 7.18. The summed E-state index contributed by atoms with van der Waals surface area (Å²) in [5.41, 5.74) is 1.17. The first-order valence-corrected chi connectivity index (χ1v) is 12.6. The molecule has 1 aromatic carbocycles. The van der Waals surface area contributed by atoms with Crippen molar-refractivity contribution in [3.8, 4) is 0 Å². The van der Waals surface area contributed by atoms with Crippen LogP contribution in [0.5, 0.6) is 0 Å². The number of benzene rings is 1. The van der Waals surface area contributed by atoms with Crippen LogP contribution in [0.3, 0.4) is 0 Å². The van der Waals surface area contributed by atoms with Crippen LogP contribution in [-0.2, 0) is 11.2 Å². The second kappa shape index (κ2) is 9.24. The Morgan fingerprint density at radius 1 is 1.09 bits per heavy atom. The minimum Gasteiger partial charge on any atom is -0.368 e. The summed E-state index contributed by atoms with van der Waals surface area (Å²) in [5.74, 6) is 1.30. The fourth-order valence-corrected chi connectivity index (χ4v) is 5.84. The second-order valence-corrected chi connectivity index (χ2v) is 10.1. The van der Waals surface area contributed by atoms with Crippen LogP contribution >= 0.6 is 22.9 Å². The van der Waals surface area contributed by atoms with E-state index in [1.807, 2.05) is 12.1 Å². The topological polar surface area (TPSA) is 52.6 Å². The summed E-state index contributed by atoms with van der Waals surface area (Å²) in [6.07, 6.45) is 4.63. The lowest BCUT2D eigenvalue weighted by Gasteiger charge is -2.40. The Labute approximate surface area is 197 Å². The zero-order chi connectivity index (χ0) is 22.1. The predicted molar refractivity (Wildman–Crippen MR) is 132 cm³/mol. The van der Waals surface area contributed by atoms with Gasteiger partial charge in [-0.1, -0.05) is 18.5 Å². The summed E-state index contributed by atoms with van der Waals surface area (Å²) in [7, 11) is 0. The van der Waals surface area contributed by atoms with Crippen molar-refractivity contribution < 1.29 is 4.79 Å². The van der Waals surface area contributed by atoms with Crippen molar-refractivity contribution in [2.45, 2.75) is 26.2 Å². The molecular weight excluding hydrogens is 442 g/mol. The molecule has 168 valence electrons. The average Bonchev–Trinajstić information content (AvgIpc) is 3.28. The number of thiophene rings is 1. The Kier molecular flexibility index (Phi) is 6.20. The van der Waals surface area contributed by atoms with E-state index < -0.39 is 0 Å². The van der Waals surface area contributed by atoms with Crippen molar-refractivity contribution in [2.24, 2.45) is 5.92 Å². The van der Waals surface area contributed by atoms with E-state index in [1.165, 1.54) is 10.6 Å². The van der Waals surface area contributed by atoms with Gasteiger partial charge >= 0.3 is 0 Å². The summed E-state index contributed by atoms with van der Waals surface area (Å²) in [6, 6.07) is 10.2. The van der Waals surface area contributed by atoms with Gasteiger partial charge in [-0.05, 0) is 49.6 Å². The molecule has 1 atom stereocenters. The number of amides is 1. The summed E-state index contributed by atoms with van der Waals surface area (Å²) in [6.45, 7) is 7.08. The fourth-order valence-electron chi connectivity index (χ4n) is 4.79. The van der Waals surface area contributed by atoms with Crippen molar-refractivity contribution in [3.05, 3.63) is 46.6 Å². The third-order valence-electron chi connectivity index (χ3n) is 6.56. The molecule has 2 saturated heterocycles. The number of carbonyl (C=O) groups excluding carboxylic acids is 1. The number of hydrogen-bond acceptors (Lipinski definition) is 6. The number of fused-ring (bicyclic) bond motifs is 1. The molecule has 6 nitrogen and oxygen atoms in total. The largest absolute Gasteiger partial charge is 0.368 e. The molecule has 32 heavy (non-hydrogen) atoms. The molecule has 2 aromatic heterocycles.